The van der Waals surface area contributed by atoms with Crippen LogP contribution < -0.4 is 0 Å². The van der Waals surface area contributed by atoms with E-state index in [4.69, 9.17) is 4.74 Å². The molecule has 12 heavy (non-hydrogen) atoms. The van der Waals surface area contributed by atoms with Crippen molar-refractivity contribution in [1.82, 2.24) is 0 Å². The first-order chi connectivity index (χ1) is 5.75. The molecule has 2 heteroatoms. The lowest BCUT2D eigenvalue weighted by Crippen LogP contribution is -2.25. The number of ether oxygens (including phenoxy) is 1. The van der Waals surface area contributed by atoms with Gasteiger partial charge in [0.25, 0.3) is 0 Å². The molecule has 0 amide bonds. The van der Waals surface area contributed by atoms with Gasteiger partial charge >= 0.3 is 5.97 Å². The Labute approximate surface area is 73.6 Å². The van der Waals surface area contributed by atoms with Gasteiger partial charge in [0.2, 0.25) is 0 Å². The van der Waals surface area contributed by atoms with Crippen molar-refractivity contribution in [1.29, 1.82) is 0 Å². The Morgan fingerprint density at radius 3 is 2.75 bits per heavy atom. The molecule has 0 aliphatic heterocycles. The summed E-state index contributed by atoms with van der Waals surface area (Å²) in [4.78, 5) is 11.4. The minimum absolute atomic E-state index is 0.0330. The SMILES string of the molecule is CCOC(=O)[C@@H]1CC=CC[C@H]1C. The lowest BCUT2D eigenvalue weighted by atomic mass is 9.84. The van der Waals surface area contributed by atoms with Crippen molar-refractivity contribution < 1.29 is 9.53 Å². The lowest BCUT2D eigenvalue weighted by molar-refractivity contribution is -0.149. The molecule has 0 spiro atoms. The van der Waals surface area contributed by atoms with Crippen molar-refractivity contribution in [3.63, 3.8) is 0 Å². The monoisotopic (exact) mass is 168 g/mol. The van der Waals surface area contributed by atoms with Gasteiger partial charge in [0.05, 0.1) is 12.5 Å². The van der Waals surface area contributed by atoms with Crippen LogP contribution in [0.3, 0.4) is 0 Å². The Morgan fingerprint density at radius 2 is 2.17 bits per heavy atom. The summed E-state index contributed by atoms with van der Waals surface area (Å²) in [6, 6.07) is 0. The van der Waals surface area contributed by atoms with E-state index in [-0.39, 0.29) is 11.9 Å². The fourth-order valence-electron chi connectivity index (χ4n) is 1.53. The van der Waals surface area contributed by atoms with Crippen molar-refractivity contribution in [2.75, 3.05) is 6.61 Å². The number of esters is 1. The molecule has 0 radical (unpaired) electrons. The Bertz CT molecular complexity index is 184. The summed E-state index contributed by atoms with van der Waals surface area (Å²) in [5.74, 6) is 0.498. The van der Waals surface area contributed by atoms with Gasteiger partial charge in [0.1, 0.15) is 0 Å². The maximum atomic E-state index is 11.4. The minimum atomic E-state index is -0.0330. The van der Waals surface area contributed by atoms with Crippen LogP contribution in [0, 0.1) is 11.8 Å². The Morgan fingerprint density at radius 1 is 1.50 bits per heavy atom. The van der Waals surface area contributed by atoms with E-state index in [0.717, 1.165) is 12.8 Å². The maximum absolute atomic E-state index is 11.4. The van der Waals surface area contributed by atoms with Gasteiger partial charge in [-0.3, -0.25) is 4.79 Å². The maximum Gasteiger partial charge on any atom is 0.309 e. The summed E-state index contributed by atoms with van der Waals surface area (Å²) in [6.07, 6.45) is 6.06. The molecule has 0 bridgehead atoms. The highest BCUT2D eigenvalue weighted by molar-refractivity contribution is 5.73. The summed E-state index contributed by atoms with van der Waals surface area (Å²) >= 11 is 0. The zero-order valence-electron chi connectivity index (χ0n) is 7.75. The van der Waals surface area contributed by atoms with E-state index < -0.39 is 0 Å². The Hall–Kier alpha value is -0.790. The molecule has 1 rings (SSSR count). The average molecular weight is 168 g/mol. The molecule has 0 fully saturated rings. The van der Waals surface area contributed by atoms with E-state index in [2.05, 4.69) is 19.1 Å². The van der Waals surface area contributed by atoms with Crippen LogP contribution in [-0.4, -0.2) is 12.6 Å². The lowest BCUT2D eigenvalue weighted by Gasteiger charge is -2.22. The third kappa shape index (κ3) is 2.10. The second-order valence-electron chi connectivity index (χ2n) is 3.28. The highest BCUT2D eigenvalue weighted by atomic mass is 16.5. The quantitative estimate of drug-likeness (QED) is 0.466. The van der Waals surface area contributed by atoms with Gasteiger partial charge in [-0.15, -0.1) is 0 Å². The van der Waals surface area contributed by atoms with Crippen molar-refractivity contribution in [3.8, 4) is 0 Å². The molecule has 2 nitrogen and oxygen atoms in total. The highest BCUT2D eigenvalue weighted by Crippen LogP contribution is 2.25. The standard InChI is InChI=1S/C10H16O2/c1-3-12-10(11)9-7-5-4-6-8(9)2/h4-5,8-9H,3,6-7H2,1-2H3/t8-,9-/m1/s1. The third-order valence-electron chi connectivity index (χ3n) is 2.34. The molecule has 0 saturated heterocycles. The summed E-state index contributed by atoms with van der Waals surface area (Å²) in [5.41, 5.74) is 0. The molecule has 0 N–H and O–H groups in total. The molecule has 0 aromatic rings. The first-order valence-electron chi connectivity index (χ1n) is 4.57. The van der Waals surface area contributed by atoms with Crippen LogP contribution in [0.2, 0.25) is 0 Å². The normalized spacial score (nSPS) is 28.5. The van der Waals surface area contributed by atoms with E-state index in [1.54, 1.807) is 0 Å². The van der Waals surface area contributed by atoms with E-state index >= 15 is 0 Å². The number of carbonyl (C=O) groups excluding carboxylic acids is 1. The molecule has 1 aliphatic carbocycles. The molecule has 0 saturated carbocycles. The van der Waals surface area contributed by atoms with Crippen LogP contribution in [-0.2, 0) is 9.53 Å². The van der Waals surface area contributed by atoms with Crippen LogP contribution in [0.25, 0.3) is 0 Å². The van der Waals surface area contributed by atoms with Gasteiger partial charge in [0, 0.05) is 0 Å². The fourth-order valence-corrected chi connectivity index (χ4v) is 1.53. The fraction of sp³-hybridized carbons (Fsp3) is 0.700. The van der Waals surface area contributed by atoms with Gasteiger partial charge in [-0.2, -0.15) is 0 Å². The Balaban J connectivity index is 2.49. The molecule has 0 unspecified atom stereocenters. The molecule has 2 atom stereocenters. The van der Waals surface area contributed by atoms with Crippen molar-refractivity contribution >= 4 is 5.97 Å². The molecule has 0 aromatic carbocycles. The third-order valence-corrected chi connectivity index (χ3v) is 2.34. The minimum Gasteiger partial charge on any atom is -0.466 e. The van der Waals surface area contributed by atoms with Crippen molar-refractivity contribution in [3.05, 3.63) is 12.2 Å². The van der Waals surface area contributed by atoms with Gasteiger partial charge in [-0.1, -0.05) is 19.1 Å². The topological polar surface area (TPSA) is 26.3 Å². The van der Waals surface area contributed by atoms with Crippen LogP contribution in [0.15, 0.2) is 12.2 Å². The number of hydrogen-bond acceptors (Lipinski definition) is 2. The summed E-state index contributed by atoms with van der Waals surface area (Å²) in [6.45, 7) is 4.44. The smallest absolute Gasteiger partial charge is 0.309 e. The second kappa shape index (κ2) is 4.29. The molecule has 0 heterocycles. The van der Waals surface area contributed by atoms with Crippen LogP contribution in [0.5, 0.6) is 0 Å². The molecule has 0 aromatic heterocycles. The van der Waals surface area contributed by atoms with Crippen LogP contribution in [0.4, 0.5) is 0 Å². The van der Waals surface area contributed by atoms with Gasteiger partial charge < -0.3 is 4.74 Å². The summed E-state index contributed by atoms with van der Waals surface area (Å²) < 4.78 is 4.98. The molecule has 68 valence electrons. The van der Waals surface area contributed by atoms with Gasteiger partial charge in [-0.25, -0.2) is 0 Å². The average Bonchev–Trinajstić information content (AvgIpc) is 2.05. The molecular formula is C10H16O2. The number of hydrogen-bond donors (Lipinski definition) is 0. The van der Waals surface area contributed by atoms with E-state index in [0.29, 0.717) is 12.5 Å². The highest BCUT2D eigenvalue weighted by Gasteiger charge is 2.26. The Kier molecular flexibility index (Phi) is 3.32. The predicted octanol–water partition coefficient (Wildman–Crippen LogP) is 2.15. The van der Waals surface area contributed by atoms with Crippen LogP contribution in [0.1, 0.15) is 26.7 Å². The van der Waals surface area contributed by atoms with E-state index in [1.165, 1.54) is 0 Å². The molecule has 1 aliphatic rings. The number of rotatable bonds is 2. The molecular weight excluding hydrogens is 152 g/mol. The van der Waals surface area contributed by atoms with E-state index in [9.17, 15) is 4.79 Å². The summed E-state index contributed by atoms with van der Waals surface area (Å²) in [7, 11) is 0. The summed E-state index contributed by atoms with van der Waals surface area (Å²) in [5, 5.41) is 0. The number of carbonyl (C=O) groups is 1. The second-order valence-corrected chi connectivity index (χ2v) is 3.28. The van der Waals surface area contributed by atoms with Crippen molar-refractivity contribution in [2.45, 2.75) is 26.7 Å². The largest absolute Gasteiger partial charge is 0.466 e. The van der Waals surface area contributed by atoms with E-state index in [1.807, 2.05) is 6.92 Å². The van der Waals surface area contributed by atoms with Gasteiger partial charge in [0.15, 0.2) is 0 Å². The zero-order chi connectivity index (χ0) is 8.97. The predicted molar refractivity (Wildman–Crippen MR) is 47.7 cm³/mol. The van der Waals surface area contributed by atoms with Crippen molar-refractivity contribution in [2.24, 2.45) is 11.8 Å². The first kappa shape index (κ1) is 9.30. The number of allylic oxidation sites excluding steroid dienone is 2. The first-order valence-corrected chi connectivity index (χ1v) is 4.57. The zero-order valence-corrected chi connectivity index (χ0v) is 7.75. The van der Waals surface area contributed by atoms with Crippen LogP contribution >= 0.6 is 0 Å². The van der Waals surface area contributed by atoms with Gasteiger partial charge in [-0.05, 0) is 25.7 Å².